The first-order valence-electron chi connectivity index (χ1n) is 10.6. The molecule has 1 aliphatic heterocycles. The minimum atomic E-state index is -1.09. The number of halogens is 3. The Labute approximate surface area is 222 Å². The molecule has 0 bridgehead atoms. The highest BCUT2D eigenvalue weighted by Crippen LogP contribution is 2.34. The molecule has 0 spiro atoms. The molecule has 6 rings (SSSR count). The second-order valence-corrected chi connectivity index (χ2v) is 9.51. The van der Waals surface area contributed by atoms with Crippen LogP contribution in [0.1, 0.15) is 33.8 Å². The van der Waals surface area contributed by atoms with Gasteiger partial charge in [0.2, 0.25) is 5.95 Å². The number of aromatic nitrogens is 8. The number of H-pyrrole nitrogens is 1. The molecular weight excluding hydrogens is 546 g/mol. The highest BCUT2D eigenvalue weighted by Gasteiger charge is 2.31. The van der Waals surface area contributed by atoms with E-state index in [2.05, 4.69) is 25.5 Å². The summed E-state index contributed by atoms with van der Waals surface area (Å²) in [6, 6.07) is 8.86. The predicted octanol–water partition coefficient (Wildman–Crippen LogP) is 3.79. The Kier molecular flexibility index (Phi) is 6.35. The molecular formula is C22H15Cl2FN8O3S. The number of nitrogens with zero attached hydrogens (tertiary/aromatic N) is 7. The largest absolute Gasteiger partial charge is 0.477 e. The lowest BCUT2D eigenvalue weighted by molar-refractivity contribution is 0.0702. The summed E-state index contributed by atoms with van der Waals surface area (Å²) in [5.74, 6) is -1.00. The van der Waals surface area contributed by atoms with Crippen molar-refractivity contribution in [3.8, 4) is 27.5 Å². The fourth-order valence-electron chi connectivity index (χ4n) is 4.30. The normalized spacial score (nSPS) is 14.4. The Morgan fingerprint density at radius 3 is 2.78 bits per heavy atom. The molecule has 0 radical (unpaired) electrons. The molecule has 15 heteroatoms. The van der Waals surface area contributed by atoms with Crippen molar-refractivity contribution in [1.82, 2.24) is 39.7 Å². The van der Waals surface area contributed by atoms with Crippen molar-refractivity contribution in [3.05, 3.63) is 80.6 Å². The van der Waals surface area contributed by atoms with Gasteiger partial charge >= 0.3 is 5.97 Å². The van der Waals surface area contributed by atoms with Crippen LogP contribution < -0.4 is 5.56 Å². The molecule has 0 amide bonds. The third-order valence-corrected chi connectivity index (χ3v) is 7.17. The lowest BCUT2D eigenvalue weighted by Crippen LogP contribution is -2.25. The predicted molar refractivity (Wildman–Crippen MR) is 134 cm³/mol. The zero-order valence-electron chi connectivity index (χ0n) is 18.5. The number of thiophene rings is 1. The van der Waals surface area contributed by atoms with Crippen molar-refractivity contribution in [3.63, 3.8) is 0 Å². The van der Waals surface area contributed by atoms with Crippen LogP contribution >= 0.6 is 35.3 Å². The first-order valence-corrected chi connectivity index (χ1v) is 11.8. The van der Waals surface area contributed by atoms with E-state index in [0.717, 1.165) is 11.3 Å². The summed E-state index contributed by atoms with van der Waals surface area (Å²) < 4.78 is 17.7. The highest BCUT2D eigenvalue weighted by atomic mass is 35.5. The van der Waals surface area contributed by atoms with Crippen LogP contribution in [-0.2, 0) is 6.42 Å². The number of nitrogens with one attached hydrogen (secondary N) is 1. The maximum absolute atomic E-state index is 14.7. The number of hydrogen-bond donors (Lipinski definition) is 2. The number of rotatable bonds is 5. The van der Waals surface area contributed by atoms with Crippen LogP contribution in [0.4, 0.5) is 4.39 Å². The number of tetrazole rings is 1. The van der Waals surface area contributed by atoms with Crippen LogP contribution in [-0.4, -0.2) is 50.8 Å². The van der Waals surface area contributed by atoms with Crippen LogP contribution in [0, 0.1) is 5.95 Å². The van der Waals surface area contributed by atoms with Gasteiger partial charge in [0.15, 0.2) is 0 Å². The third-order valence-electron chi connectivity index (χ3n) is 5.85. The summed E-state index contributed by atoms with van der Waals surface area (Å²) in [5, 5.41) is 20.8. The number of imidazole rings is 1. The first kappa shape index (κ1) is 24.7. The third kappa shape index (κ3) is 4.30. The van der Waals surface area contributed by atoms with Crippen molar-refractivity contribution in [2.24, 2.45) is 0 Å². The Morgan fingerprint density at radius 1 is 1.22 bits per heavy atom. The zero-order valence-corrected chi connectivity index (χ0v) is 20.9. The molecule has 1 aliphatic rings. The molecule has 4 aromatic heterocycles. The molecule has 11 nitrogen and oxygen atoms in total. The lowest BCUT2D eigenvalue weighted by atomic mass is 10.1. The minimum Gasteiger partial charge on any atom is -0.477 e. The quantitative estimate of drug-likeness (QED) is 0.330. The molecule has 1 atom stereocenters. The van der Waals surface area contributed by atoms with Crippen LogP contribution in [0.5, 0.6) is 0 Å². The number of aromatic amines is 1. The summed E-state index contributed by atoms with van der Waals surface area (Å²) in [5.41, 5.74) is 1.27. The van der Waals surface area contributed by atoms with Gasteiger partial charge in [0.05, 0.1) is 22.3 Å². The second kappa shape index (κ2) is 9.50. The van der Waals surface area contributed by atoms with E-state index in [9.17, 15) is 14.0 Å². The smallest absolute Gasteiger partial charge is 0.345 e. The Hall–Kier alpha value is -3.94. The van der Waals surface area contributed by atoms with Gasteiger partial charge in [-0.2, -0.15) is 9.07 Å². The summed E-state index contributed by atoms with van der Waals surface area (Å²) >= 11 is 7.15. The number of aryl methyl sites for hydroxylation is 1. The molecule has 5 heterocycles. The number of benzene rings is 1. The Morgan fingerprint density at radius 2 is 2.05 bits per heavy atom. The van der Waals surface area contributed by atoms with E-state index >= 15 is 0 Å². The van der Waals surface area contributed by atoms with Crippen LogP contribution in [0.15, 0.2) is 47.5 Å². The zero-order chi connectivity index (χ0) is 25.0. The molecule has 188 valence electrons. The van der Waals surface area contributed by atoms with Crippen molar-refractivity contribution < 1.29 is 14.3 Å². The van der Waals surface area contributed by atoms with Gasteiger partial charge in [0.25, 0.3) is 5.56 Å². The van der Waals surface area contributed by atoms with E-state index in [1.165, 1.54) is 33.8 Å². The first-order chi connectivity index (χ1) is 17.4. The number of fused-ring (bicyclic) bond motifs is 1. The van der Waals surface area contributed by atoms with Crippen LogP contribution in [0.3, 0.4) is 0 Å². The number of carbonyl (C=O) groups is 1. The summed E-state index contributed by atoms with van der Waals surface area (Å²) in [6.45, 7) is 0. The molecule has 0 aliphatic carbocycles. The van der Waals surface area contributed by atoms with Gasteiger partial charge in [-0.05, 0) is 47.2 Å². The van der Waals surface area contributed by atoms with Gasteiger partial charge in [-0.15, -0.1) is 28.8 Å². The van der Waals surface area contributed by atoms with E-state index < -0.39 is 18.0 Å². The van der Waals surface area contributed by atoms with Crippen LogP contribution in [0.2, 0.25) is 5.02 Å². The standard InChI is InChI=1S/C22H14ClFN8O3S.ClH/c23-10-1-2-13(31-9-25-29-30-31)11(7-10)12-8-18(33)32-14(3-6-17(32)26-12)21-27-19(20(24)28-21)15-4-5-16(36-15)22(34)35;/h1-2,4-5,7-9,14H,3,6H2,(H,27,28)(H,34,35);1H/t14-;/m0./s1. The number of hydrogen-bond acceptors (Lipinski definition) is 8. The molecule has 37 heavy (non-hydrogen) atoms. The SMILES string of the molecule is Cl.O=C(O)c1ccc(-c2nc([C@@H]3CCc4nc(-c5cc(Cl)ccc5-n5cnnn5)cc(=O)n43)[nH]c2F)s1. The lowest BCUT2D eigenvalue weighted by Gasteiger charge is -2.14. The molecule has 0 saturated carbocycles. The Balaban J connectivity index is 0.00000280. The number of carboxylic acids is 1. The van der Waals surface area contributed by atoms with E-state index in [1.54, 1.807) is 18.2 Å². The molecule has 0 unspecified atom stereocenters. The molecule has 2 N–H and O–H groups in total. The van der Waals surface area contributed by atoms with Crippen molar-refractivity contribution >= 4 is 41.3 Å². The van der Waals surface area contributed by atoms with Gasteiger partial charge in [-0.3, -0.25) is 9.36 Å². The maximum Gasteiger partial charge on any atom is 0.345 e. The van der Waals surface area contributed by atoms with E-state index in [0.29, 0.717) is 45.5 Å². The van der Waals surface area contributed by atoms with Gasteiger partial charge in [0, 0.05) is 23.1 Å². The minimum absolute atomic E-state index is 0. The molecule has 0 saturated heterocycles. The fraction of sp³-hybridized carbons (Fsp3) is 0.136. The molecule has 0 fully saturated rings. The summed E-state index contributed by atoms with van der Waals surface area (Å²) in [6.07, 6.45) is 2.38. The van der Waals surface area contributed by atoms with E-state index in [4.69, 9.17) is 21.7 Å². The van der Waals surface area contributed by atoms with Crippen molar-refractivity contribution in [2.45, 2.75) is 18.9 Å². The monoisotopic (exact) mass is 560 g/mol. The van der Waals surface area contributed by atoms with E-state index in [-0.39, 0.29) is 34.4 Å². The topological polar surface area (TPSA) is 144 Å². The average Bonchev–Trinajstić information content (AvgIpc) is 3.64. The fourth-order valence-corrected chi connectivity index (χ4v) is 5.30. The van der Waals surface area contributed by atoms with Gasteiger partial charge in [-0.1, -0.05) is 11.6 Å². The van der Waals surface area contributed by atoms with Gasteiger partial charge in [-0.25, -0.2) is 14.8 Å². The van der Waals surface area contributed by atoms with Gasteiger partial charge < -0.3 is 10.1 Å². The average molecular weight is 561 g/mol. The molecule has 5 aromatic rings. The summed E-state index contributed by atoms with van der Waals surface area (Å²) in [7, 11) is 0. The second-order valence-electron chi connectivity index (χ2n) is 7.99. The highest BCUT2D eigenvalue weighted by molar-refractivity contribution is 7.17. The number of aromatic carboxylic acids is 1. The molecule has 1 aromatic carbocycles. The maximum atomic E-state index is 14.7. The number of carboxylic acid groups (broad SMARTS) is 1. The Bertz CT molecular complexity index is 1700. The summed E-state index contributed by atoms with van der Waals surface area (Å²) in [4.78, 5) is 36.6. The van der Waals surface area contributed by atoms with Crippen molar-refractivity contribution in [2.75, 3.05) is 0 Å². The van der Waals surface area contributed by atoms with Crippen molar-refractivity contribution in [1.29, 1.82) is 0 Å². The van der Waals surface area contributed by atoms with Gasteiger partial charge in [0.1, 0.15) is 28.5 Å². The van der Waals surface area contributed by atoms with Crippen LogP contribution in [0.25, 0.3) is 27.5 Å². The van der Waals surface area contributed by atoms with E-state index in [1.807, 2.05) is 0 Å².